The fourth-order valence-electron chi connectivity index (χ4n) is 8.44. The van der Waals surface area contributed by atoms with Crippen molar-refractivity contribution in [2.24, 2.45) is 0 Å². The summed E-state index contributed by atoms with van der Waals surface area (Å²) in [5, 5.41) is 33.5. The number of hydrogen-bond acceptors (Lipinski definition) is 11. The van der Waals surface area contributed by atoms with Gasteiger partial charge >= 0.3 is 12.0 Å². The van der Waals surface area contributed by atoms with Crippen molar-refractivity contribution in [2.75, 3.05) is 45.0 Å². The van der Waals surface area contributed by atoms with Gasteiger partial charge in [0.15, 0.2) is 10.7 Å². The Labute approximate surface area is 362 Å². The predicted octanol–water partition coefficient (Wildman–Crippen LogP) is 8.04. The lowest BCUT2D eigenvalue weighted by atomic mass is 9.77. The quantitative estimate of drug-likeness (QED) is 0.0314. The Morgan fingerprint density at radius 2 is 1.45 bits per heavy atom. The van der Waals surface area contributed by atoms with Crippen LogP contribution < -0.4 is 26.0 Å². The van der Waals surface area contributed by atoms with E-state index >= 15 is 0 Å². The fraction of sp³-hybridized carbons (Fsp3) is 0.511. The number of phenolic OH excluding ortho intramolecular Hbond substituents is 2. The van der Waals surface area contributed by atoms with Crippen molar-refractivity contribution in [2.45, 2.75) is 106 Å². The first-order chi connectivity index (χ1) is 28.8. The third-order valence-corrected chi connectivity index (χ3v) is 14.0. The average Bonchev–Trinajstić information content (AvgIpc) is 3.72. The molecule has 2 saturated heterocycles. The van der Waals surface area contributed by atoms with Gasteiger partial charge in [-0.25, -0.2) is 9.59 Å². The number of methoxy groups -OCH3 is 2. The van der Waals surface area contributed by atoms with Gasteiger partial charge in [-0.2, -0.15) is 11.8 Å². The molecule has 1 spiro atoms. The summed E-state index contributed by atoms with van der Waals surface area (Å²) >= 11 is 7.37. The van der Waals surface area contributed by atoms with Crippen LogP contribution in [0.5, 0.6) is 23.0 Å². The number of nitrogens with one attached hydrogen (secondary N) is 4. The molecule has 3 aromatic carbocycles. The Kier molecular flexibility index (Phi) is 14.9. The van der Waals surface area contributed by atoms with Gasteiger partial charge in [-0.15, -0.1) is 0 Å². The van der Waals surface area contributed by atoms with Crippen LogP contribution in [0.1, 0.15) is 112 Å². The first-order valence-electron chi connectivity index (χ1n) is 20.8. The van der Waals surface area contributed by atoms with Crippen molar-refractivity contribution >= 4 is 52.6 Å². The third-order valence-electron chi connectivity index (χ3n) is 11.9. The monoisotopic (exact) mass is 862 g/mol. The van der Waals surface area contributed by atoms with Crippen LogP contribution in [-0.2, 0) is 24.6 Å². The first kappa shape index (κ1) is 45.0. The lowest BCUT2D eigenvalue weighted by molar-refractivity contribution is -0.119. The highest BCUT2D eigenvalue weighted by Gasteiger charge is 2.60. The molecule has 0 aromatic heterocycles. The largest absolute Gasteiger partial charge is 0.508 e. The number of thiocarbonyl (C=S) groups is 1. The van der Waals surface area contributed by atoms with Crippen molar-refractivity contribution in [1.82, 2.24) is 16.0 Å². The minimum Gasteiger partial charge on any atom is -0.508 e. The van der Waals surface area contributed by atoms with E-state index in [4.69, 9.17) is 31.2 Å². The Hall–Kier alpha value is -4.57. The summed E-state index contributed by atoms with van der Waals surface area (Å²) in [6.07, 6.45) is 10.6. The molecule has 3 atom stereocenters. The van der Waals surface area contributed by atoms with Crippen molar-refractivity contribution in [3.05, 3.63) is 76.9 Å². The molecule has 0 aliphatic carbocycles. The number of anilines is 1. The number of aromatic hydroxyl groups is 2. The van der Waals surface area contributed by atoms with E-state index in [2.05, 4.69) is 35.1 Å². The summed E-state index contributed by atoms with van der Waals surface area (Å²) < 4.78 is 22.1. The Balaban J connectivity index is 0.000000226. The molecule has 2 fully saturated rings. The van der Waals surface area contributed by atoms with Crippen molar-refractivity contribution in [3.8, 4) is 23.0 Å². The summed E-state index contributed by atoms with van der Waals surface area (Å²) in [7, 11) is 3.40. The zero-order valence-electron chi connectivity index (χ0n) is 34.9. The van der Waals surface area contributed by atoms with Gasteiger partial charge in [0.05, 0.1) is 16.6 Å². The summed E-state index contributed by atoms with van der Waals surface area (Å²) in [6.45, 7) is 6.55. The van der Waals surface area contributed by atoms with E-state index in [1.807, 2.05) is 23.9 Å². The van der Waals surface area contributed by atoms with Crippen LogP contribution in [0.2, 0.25) is 0 Å². The summed E-state index contributed by atoms with van der Waals surface area (Å²) in [6, 6.07) is 14.7. The van der Waals surface area contributed by atoms with E-state index in [-0.39, 0.29) is 28.6 Å². The zero-order chi connectivity index (χ0) is 42.9. The maximum Gasteiger partial charge on any atom is 0.340 e. The number of urea groups is 1. The van der Waals surface area contributed by atoms with E-state index in [1.54, 1.807) is 32.4 Å². The normalized spacial score (nSPS) is 21.2. The van der Waals surface area contributed by atoms with Crippen LogP contribution in [0.4, 0.5) is 10.5 Å². The Morgan fingerprint density at radius 1 is 0.833 bits per heavy atom. The van der Waals surface area contributed by atoms with Gasteiger partial charge in [0.1, 0.15) is 28.8 Å². The number of Topliss-reactive ketones (excluding diaryl/α,β-unsaturated/α-hetero) is 1. The molecule has 324 valence electrons. The number of hydrogen-bond donors (Lipinski definition) is 6. The molecule has 13 nitrogen and oxygen atoms in total. The molecule has 15 heteroatoms. The van der Waals surface area contributed by atoms with Crippen LogP contribution in [-0.4, -0.2) is 89.2 Å². The van der Waals surface area contributed by atoms with Gasteiger partial charge in [0.2, 0.25) is 0 Å². The van der Waals surface area contributed by atoms with Gasteiger partial charge in [-0.1, -0.05) is 25.3 Å². The molecule has 60 heavy (non-hydrogen) atoms. The molecule has 6 N–H and O–H groups in total. The molecular formula is C45H58N4O9S2. The number of fused-ring (bicyclic) bond motifs is 7. The predicted molar refractivity (Wildman–Crippen MR) is 237 cm³/mol. The molecule has 7 rings (SSSR count). The van der Waals surface area contributed by atoms with Crippen LogP contribution in [0.25, 0.3) is 0 Å². The number of phenols is 2. The van der Waals surface area contributed by atoms with Gasteiger partial charge < -0.3 is 50.4 Å². The second-order valence-corrected chi connectivity index (χ2v) is 17.8. The molecule has 4 aliphatic heterocycles. The molecule has 3 aromatic rings. The number of thioether (sulfide) groups is 1. The number of rotatable bonds is 18. The lowest BCUT2D eigenvalue weighted by Gasteiger charge is -2.36. The fourth-order valence-corrected chi connectivity index (χ4v) is 10.6. The van der Waals surface area contributed by atoms with E-state index in [1.165, 1.54) is 24.3 Å². The van der Waals surface area contributed by atoms with Crippen molar-refractivity contribution in [1.29, 1.82) is 0 Å². The summed E-state index contributed by atoms with van der Waals surface area (Å²) in [4.78, 5) is 36.7. The second kappa shape index (κ2) is 19.9. The SMILES string of the molecule is COCCCCC(=O)CCCCC1SC[C@]2(C)NC(=O)N[C@]12C.COCCCCCCNC(=S)Nc1ccc2c(c1)C(=O)OC21c2ccc(O)cc2Oc2cc(O)ccc21. The van der Waals surface area contributed by atoms with Crippen LogP contribution in [0.15, 0.2) is 54.6 Å². The number of benzene rings is 3. The minimum atomic E-state index is -1.28. The van der Waals surface area contributed by atoms with Crippen molar-refractivity contribution < 1.29 is 43.5 Å². The maximum atomic E-state index is 13.2. The number of esters is 1. The molecule has 4 aliphatic rings. The number of carbonyl (C=O) groups excluding carboxylic acids is 3. The third kappa shape index (κ3) is 9.80. The summed E-state index contributed by atoms with van der Waals surface area (Å²) in [5.41, 5.74) is 1.24. The number of ether oxygens (including phenoxy) is 4. The first-order valence-corrected chi connectivity index (χ1v) is 22.3. The standard InChI is InChI=1S/C28H28N2O6S.C17H30N2O3S/c1-34-13-5-3-2-4-12-29-27(37)30-17-6-9-21-20(14-17)26(33)36-28(21)22-10-7-18(31)15-24(22)35-25-16-19(32)8-11-23(25)28;1-16-12-23-14(17(16,2)19-15(21)18-16)10-5-4-8-13(20)9-6-7-11-22-3/h6-11,14-16,31-32H,2-5,12-13H2,1H3,(H2,29,30,37);14H,4-12H2,1-3H3,(H2,18,19,21)/t;14?,16-,17+/m.0/s1. The molecular weight excluding hydrogens is 805 g/mol. The Morgan fingerprint density at radius 3 is 2.12 bits per heavy atom. The number of ketones is 1. The molecule has 0 bridgehead atoms. The van der Waals surface area contributed by atoms with E-state index in [9.17, 15) is 24.6 Å². The minimum absolute atomic E-state index is 0.0117. The molecule has 4 heterocycles. The molecule has 2 amide bonds. The second-order valence-electron chi connectivity index (χ2n) is 16.2. The van der Waals surface area contributed by atoms with Crippen LogP contribution >= 0.6 is 24.0 Å². The zero-order valence-corrected chi connectivity index (χ0v) is 36.6. The van der Waals surface area contributed by atoms with E-state index in [0.29, 0.717) is 68.4 Å². The van der Waals surface area contributed by atoms with Crippen molar-refractivity contribution in [3.63, 3.8) is 0 Å². The number of unbranched alkanes of at least 4 members (excludes halogenated alkanes) is 5. The van der Waals surface area contributed by atoms with E-state index in [0.717, 1.165) is 83.3 Å². The molecule has 1 unspecified atom stereocenters. The average molecular weight is 863 g/mol. The topological polar surface area (TPSA) is 177 Å². The highest BCUT2D eigenvalue weighted by molar-refractivity contribution is 8.00. The molecule has 0 saturated carbocycles. The number of carbonyl (C=O) groups is 3. The maximum absolute atomic E-state index is 13.2. The van der Waals surface area contributed by atoms with Gasteiger partial charge in [-0.3, -0.25) is 4.79 Å². The van der Waals surface area contributed by atoms with Crippen LogP contribution in [0, 0.1) is 0 Å². The molecule has 0 radical (unpaired) electrons. The highest BCUT2D eigenvalue weighted by atomic mass is 32.2. The Bertz CT molecular complexity index is 2000. The number of amides is 2. The van der Waals surface area contributed by atoms with E-state index < -0.39 is 11.6 Å². The summed E-state index contributed by atoms with van der Waals surface area (Å²) in [5.74, 6) is 1.53. The lowest BCUT2D eigenvalue weighted by Crippen LogP contribution is -2.58. The smallest absolute Gasteiger partial charge is 0.340 e. The van der Waals surface area contributed by atoms with Gasteiger partial charge in [0, 0.05) is 92.3 Å². The highest BCUT2D eigenvalue weighted by Crippen LogP contribution is 2.57. The van der Waals surface area contributed by atoms with Gasteiger partial charge in [-0.05, 0) is 101 Å². The van der Waals surface area contributed by atoms with Gasteiger partial charge in [0.25, 0.3) is 0 Å². The van der Waals surface area contributed by atoms with Crippen LogP contribution in [0.3, 0.4) is 0 Å².